The van der Waals surface area contributed by atoms with Gasteiger partial charge in [0, 0.05) is 19.3 Å². The van der Waals surface area contributed by atoms with E-state index in [2.05, 4.69) is 22.1 Å². The number of anilines is 1. The smallest absolute Gasteiger partial charge is 0.243 e. The lowest BCUT2D eigenvalue weighted by atomic mass is 10.2. The summed E-state index contributed by atoms with van der Waals surface area (Å²) in [7, 11) is 1.57. The molecule has 9 heteroatoms. The highest BCUT2D eigenvalue weighted by Gasteiger charge is 2.19. The van der Waals surface area contributed by atoms with Gasteiger partial charge in [-0.25, -0.2) is 4.39 Å². The van der Waals surface area contributed by atoms with E-state index in [0.717, 1.165) is 5.56 Å². The Hall–Kier alpha value is -3.46. The number of nitrogens with one attached hydrogen (secondary N) is 1. The summed E-state index contributed by atoms with van der Waals surface area (Å²) >= 11 is 1.17. The third-order valence-electron chi connectivity index (χ3n) is 4.61. The van der Waals surface area contributed by atoms with Gasteiger partial charge >= 0.3 is 0 Å². The Balaban J connectivity index is 1.61. The van der Waals surface area contributed by atoms with Crippen molar-refractivity contribution in [2.45, 2.75) is 18.6 Å². The zero-order chi connectivity index (χ0) is 23.1. The van der Waals surface area contributed by atoms with E-state index in [1.807, 2.05) is 31.2 Å². The van der Waals surface area contributed by atoms with Crippen LogP contribution in [0.1, 0.15) is 5.56 Å². The van der Waals surface area contributed by atoms with Crippen molar-refractivity contribution in [1.82, 2.24) is 19.7 Å². The predicted molar refractivity (Wildman–Crippen MR) is 124 cm³/mol. The van der Waals surface area contributed by atoms with Crippen molar-refractivity contribution in [3.63, 3.8) is 0 Å². The summed E-state index contributed by atoms with van der Waals surface area (Å²) in [5.41, 5.74) is 2.09. The molecule has 0 saturated carbocycles. The number of hydrogen-bond donors (Lipinski definition) is 1. The van der Waals surface area contributed by atoms with Gasteiger partial charge in [-0.2, -0.15) is 0 Å². The minimum atomic E-state index is -0.405. The van der Waals surface area contributed by atoms with Crippen molar-refractivity contribution in [3.8, 4) is 11.4 Å². The first-order chi connectivity index (χ1) is 15.4. The standard InChI is InChI=1S/C23H24FN5O2S/c1-4-13-29-22(18-7-5-6-8-19(18)24)26-27-23(29)32-15-21(31)28(3)14-20(30)25-17-11-9-16(2)10-12-17/h4-12H,1,13-15H2,2-3H3,(H,25,30). The van der Waals surface area contributed by atoms with E-state index in [1.165, 1.54) is 22.7 Å². The van der Waals surface area contributed by atoms with Crippen LogP contribution in [0.25, 0.3) is 11.4 Å². The molecule has 32 heavy (non-hydrogen) atoms. The van der Waals surface area contributed by atoms with Gasteiger partial charge in [0.2, 0.25) is 11.8 Å². The fourth-order valence-electron chi connectivity index (χ4n) is 2.91. The molecule has 0 fully saturated rings. The topological polar surface area (TPSA) is 80.1 Å². The van der Waals surface area contributed by atoms with E-state index in [-0.39, 0.29) is 24.1 Å². The van der Waals surface area contributed by atoms with Gasteiger partial charge in [-0.1, -0.05) is 47.7 Å². The molecular formula is C23H24FN5O2S. The van der Waals surface area contributed by atoms with Crippen LogP contribution < -0.4 is 5.32 Å². The summed E-state index contributed by atoms with van der Waals surface area (Å²) in [6.45, 7) is 5.98. The number of thioether (sulfide) groups is 1. The molecule has 1 N–H and O–H groups in total. The highest BCUT2D eigenvalue weighted by Crippen LogP contribution is 2.26. The lowest BCUT2D eigenvalue weighted by Gasteiger charge is -2.16. The molecular weight excluding hydrogens is 429 g/mol. The van der Waals surface area contributed by atoms with Crippen LogP contribution in [-0.4, -0.2) is 50.8 Å². The van der Waals surface area contributed by atoms with Crippen LogP contribution in [-0.2, 0) is 16.1 Å². The number of nitrogens with zero attached hydrogens (tertiary/aromatic N) is 4. The van der Waals surface area contributed by atoms with Gasteiger partial charge < -0.3 is 10.2 Å². The fraction of sp³-hybridized carbons (Fsp3) is 0.217. The molecule has 2 amide bonds. The van der Waals surface area contributed by atoms with Crippen LogP contribution in [0.2, 0.25) is 0 Å². The highest BCUT2D eigenvalue weighted by atomic mass is 32.2. The quantitative estimate of drug-likeness (QED) is 0.394. The van der Waals surface area contributed by atoms with Crippen molar-refractivity contribution in [1.29, 1.82) is 0 Å². The summed E-state index contributed by atoms with van der Waals surface area (Å²) in [6.07, 6.45) is 1.65. The molecule has 0 atom stereocenters. The van der Waals surface area contributed by atoms with Gasteiger partial charge in [0.25, 0.3) is 0 Å². The fourth-order valence-corrected chi connectivity index (χ4v) is 3.80. The van der Waals surface area contributed by atoms with Gasteiger partial charge in [-0.05, 0) is 31.2 Å². The van der Waals surface area contributed by atoms with Crippen LogP contribution in [0.15, 0.2) is 66.3 Å². The van der Waals surface area contributed by atoms with Crippen molar-refractivity contribution < 1.29 is 14.0 Å². The Labute approximate surface area is 190 Å². The maximum atomic E-state index is 14.2. The number of hydrogen-bond acceptors (Lipinski definition) is 5. The second-order valence-corrected chi connectivity index (χ2v) is 8.08. The minimum absolute atomic E-state index is 0.0564. The average molecular weight is 454 g/mol. The van der Waals surface area contributed by atoms with E-state index in [4.69, 9.17) is 0 Å². The second-order valence-electron chi connectivity index (χ2n) is 7.14. The number of rotatable bonds is 9. The molecule has 2 aromatic carbocycles. The summed E-state index contributed by atoms with van der Waals surface area (Å²) in [5, 5.41) is 11.5. The number of allylic oxidation sites excluding steroid dienone is 1. The minimum Gasteiger partial charge on any atom is -0.336 e. The first kappa shape index (κ1) is 23.2. The van der Waals surface area contributed by atoms with Gasteiger partial charge in [0.15, 0.2) is 11.0 Å². The molecule has 0 saturated heterocycles. The molecule has 0 aliphatic rings. The molecule has 0 bridgehead atoms. The zero-order valence-electron chi connectivity index (χ0n) is 17.9. The molecule has 3 aromatic rings. The lowest BCUT2D eigenvalue weighted by molar-refractivity contribution is -0.131. The first-order valence-electron chi connectivity index (χ1n) is 9.91. The largest absolute Gasteiger partial charge is 0.336 e. The molecule has 1 heterocycles. The summed E-state index contributed by atoms with van der Waals surface area (Å²) < 4.78 is 15.9. The molecule has 0 aliphatic heterocycles. The monoisotopic (exact) mass is 453 g/mol. The molecule has 0 aliphatic carbocycles. The molecule has 0 unspecified atom stereocenters. The number of aryl methyl sites for hydroxylation is 1. The highest BCUT2D eigenvalue weighted by molar-refractivity contribution is 7.99. The molecule has 0 radical (unpaired) electrons. The van der Waals surface area contributed by atoms with Crippen LogP contribution in [0.5, 0.6) is 0 Å². The predicted octanol–water partition coefficient (Wildman–Crippen LogP) is 3.77. The first-order valence-corrected chi connectivity index (χ1v) is 10.9. The maximum Gasteiger partial charge on any atom is 0.243 e. The van der Waals surface area contributed by atoms with E-state index < -0.39 is 5.82 Å². The summed E-state index contributed by atoms with van der Waals surface area (Å²) in [6, 6.07) is 13.7. The number of amides is 2. The number of carbonyl (C=O) groups is 2. The maximum absolute atomic E-state index is 14.2. The summed E-state index contributed by atoms with van der Waals surface area (Å²) in [5.74, 6) is -0.511. The van der Waals surface area contributed by atoms with Gasteiger partial charge in [-0.3, -0.25) is 14.2 Å². The number of carbonyl (C=O) groups excluding carboxylic acids is 2. The zero-order valence-corrected chi connectivity index (χ0v) is 18.7. The van der Waals surface area contributed by atoms with Gasteiger partial charge in [-0.15, -0.1) is 16.8 Å². The SMILES string of the molecule is C=CCn1c(SCC(=O)N(C)CC(=O)Nc2ccc(C)cc2)nnc1-c1ccccc1F. The third-order valence-corrected chi connectivity index (χ3v) is 5.56. The van der Waals surface area contributed by atoms with Crippen LogP contribution in [0.3, 0.4) is 0 Å². The number of likely N-dealkylation sites (N-methyl/N-ethyl adjacent to an activating group) is 1. The van der Waals surface area contributed by atoms with Crippen molar-refractivity contribution in [2.24, 2.45) is 0 Å². The Morgan fingerprint density at radius 2 is 1.91 bits per heavy atom. The van der Waals surface area contributed by atoms with E-state index in [1.54, 1.807) is 35.9 Å². The molecule has 166 valence electrons. The molecule has 7 nitrogen and oxygen atoms in total. The van der Waals surface area contributed by atoms with Crippen molar-refractivity contribution >= 4 is 29.3 Å². The molecule has 3 rings (SSSR count). The molecule has 0 spiro atoms. The number of benzene rings is 2. The normalized spacial score (nSPS) is 10.6. The van der Waals surface area contributed by atoms with Crippen LogP contribution in [0, 0.1) is 12.7 Å². The van der Waals surface area contributed by atoms with E-state index in [9.17, 15) is 14.0 Å². The average Bonchev–Trinajstić information content (AvgIpc) is 3.16. The van der Waals surface area contributed by atoms with Crippen molar-refractivity contribution in [3.05, 3.63) is 72.6 Å². The number of aromatic nitrogens is 3. The van der Waals surface area contributed by atoms with E-state index in [0.29, 0.717) is 28.8 Å². The Morgan fingerprint density at radius 1 is 1.19 bits per heavy atom. The molecule has 1 aromatic heterocycles. The van der Waals surface area contributed by atoms with Gasteiger partial charge in [0.1, 0.15) is 5.82 Å². The summed E-state index contributed by atoms with van der Waals surface area (Å²) in [4.78, 5) is 26.1. The van der Waals surface area contributed by atoms with Crippen LogP contribution in [0.4, 0.5) is 10.1 Å². The lowest BCUT2D eigenvalue weighted by Crippen LogP contribution is -2.36. The van der Waals surface area contributed by atoms with E-state index >= 15 is 0 Å². The Bertz CT molecular complexity index is 1110. The number of halogens is 1. The second kappa shape index (κ2) is 10.7. The van der Waals surface area contributed by atoms with Crippen LogP contribution >= 0.6 is 11.8 Å². The third kappa shape index (κ3) is 5.82. The Morgan fingerprint density at radius 3 is 2.59 bits per heavy atom. The van der Waals surface area contributed by atoms with Gasteiger partial charge in [0.05, 0.1) is 17.9 Å². The van der Waals surface area contributed by atoms with Crippen molar-refractivity contribution in [2.75, 3.05) is 24.7 Å². The Kier molecular flexibility index (Phi) is 7.77.